The minimum Gasteiger partial charge on any atom is -0.454 e. The van der Waals surface area contributed by atoms with E-state index in [1.807, 2.05) is 32.9 Å². The van der Waals surface area contributed by atoms with Gasteiger partial charge >= 0.3 is 11.7 Å². The zero-order valence-electron chi connectivity index (χ0n) is 16.5. The number of hydrogen-bond donors (Lipinski definition) is 1. The number of aryl methyl sites for hydroxylation is 4. The normalized spacial score (nSPS) is 11.1. The number of H-pyrrole nitrogens is 1. The van der Waals surface area contributed by atoms with E-state index in [2.05, 4.69) is 9.97 Å². The van der Waals surface area contributed by atoms with Crippen molar-refractivity contribution >= 4 is 17.1 Å². The molecule has 0 aliphatic heterocycles. The van der Waals surface area contributed by atoms with Crippen molar-refractivity contribution in [2.75, 3.05) is 0 Å². The number of carbonyl (C=O) groups excluding carboxylic acids is 1. The number of rotatable bonds is 6. The monoisotopic (exact) mass is 384 g/mol. The zero-order valence-corrected chi connectivity index (χ0v) is 16.5. The second-order valence-electron chi connectivity index (χ2n) is 6.92. The fraction of sp³-hybridized carbons (Fsp3) is 0.400. The summed E-state index contributed by atoms with van der Waals surface area (Å²) in [7, 11) is 1.67. The van der Waals surface area contributed by atoms with Crippen LogP contribution in [0.4, 0.5) is 0 Å². The third-order valence-corrected chi connectivity index (χ3v) is 4.79. The topological polar surface area (TPSA) is 99.0 Å². The molecule has 1 aromatic carbocycles. The van der Waals surface area contributed by atoms with Gasteiger partial charge in [-0.1, -0.05) is 31.0 Å². The van der Waals surface area contributed by atoms with Crippen molar-refractivity contribution in [3.63, 3.8) is 0 Å². The number of unbranched alkanes of at least 4 members (excludes halogenated alkanes) is 1. The molecule has 2 heterocycles. The van der Waals surface area contributed by atoms with E-state index >= 15 is 0 Å². The van der Waals surface area contributed by atoms with Crippen molar-refractivity contribution in [1.29, 1.82) is 0 Å². The lowest BCUT2D eigenvalue weighted by Gasteiger charge is -2.08. The van der Waals surface area contributed by atoms with Crippen LogP contribution in [0.1, 0.15) is 47.1 Å². The fourth-order valence-corrected chi connectivity index (χ4v) is 3.11. The molecule has 8 nitrogen and oxygen atoms in total. The number of nitrogens with zero attached hydrogens (tertiary/aromatic N) is 3. The highest BCUT2D eigenvalue weighted by atomic mass is 16.5. The molecule has 0 radical (unpaired) electrons. The molecular weight excluding hydrogens is 360 g/mol. The molecule has 0 amide bonds. The average Bonchev–Trinajstić information content (AvgIpc) is 2.98. The van der Waals surface area contributed by atoms with Gasteiger partial charge in [-0.05, 0) is 31.9 Å². The SMILES string of the molecule is CCCCn1c(=O)[nH]c(=O)c2c1nc(COC(=O)c1cc(C)ccc1C)n2C. The van der Waals surface area contributed by atoms with E-state index in [4.69, 9.17) is 4.74 Å². The summed E-state index contributed by atoms with van der Waals surface area (Å²) in [5.41, 5.74) is 1.89. The number of hydrogen-bond acceptors (Lipinski definition) is 5. The summed E-state index contributed by atoms with van der Waals surface area (Å²) < 4.78 is 8.45. The lowest BCUT2D eigenvalue weighted by molar-refractivity contribution is 0.0458. The largest absolute Gasteiger partial charge is 0.454 e. The third-order valence-electron chi connectivity index (χ3n) is 4.79. The molecular formula is C20H24N4O4. The minimum absolute atomic E-state index is 0.0984. The van der Waals surface area contributed by atoms with E-state index in [-0.39, 0.29) is 12.1 Å². The van der Waals surface area contributed by atoms with Crippen LogP contribution < -0.4 is 11.2 Å². The van der Waals surface area contributed by atoms with Crippen LogP contribution in [0.15, 0.2) is 27.8 Å². The van der Waals surface area contributed by atoms with Gasteiger partial charge in [0.05, 0.1) is 5.56 Å². The molecule has 0 bridgehead atoms. The molecule has 28 heavy (non-hydrogen) atoms. The highest BCUT2D eigenvalue weighted by Crippen LogP contribution is 2.15. The molecule has 0 saturated carbocycles. The first-order valence-corrected chi connectivity index (χ1v) is 9.26. The summed E-state index contributed by atoms with van der Waals surface area (Å²) >= 11 is 0. The number of ether oxygens (including phenoxy) is 1. The van der Waals surface area contributed by atoms with E-state index in [9.17, 15) is 14.4 Å². The number of nitrogens with one attached hydrogen (secondary N) is 1. The van der Waals surface area contributed by atoms with E-state index in [0.29, 0.717) is 23.6 Å². The molecule has 148 valence electrons. The minimum atomic E-state index is -0.505. The number of aromatic amines is 1. The predicted octanol–water partition coefficient (Wildman–Crippen LogP) is 2.20. The van der Waals surface area contributed by atoms with Crippen LogP contribution in [-0.4, -0.2) is 25.1 Å². The molecule has 0 atom stereocenters. The van der Waals surface area contributed by atoms with Gasteiger partial charge in [-0.25, -0.2) is 14.6 Å². The first-order chi connectivity index (χ1) is 13.3. The van der Waals surface area contributed by atoms with Crippen molar-refractivity contribution in [2.24, 2.45) is 7.05 Å². The van der Waals surface area contributed by atoms with Gasteiger partial charge in [0.1, 0.15) is 12.4 Å². The van der Waals surface area contributed by atoms with Crippen LogP contribution in [0.5, 0.6) is 0 Å². The van der Waals surface area contributed by atoms with Gasteiger partial charge in [-0.15, -0.1) is 0 Å². The maximum absolute atomic E-state index is 12.5. The van der Waals surface area contributed by atoms with Gasteiger partial charge in [0.25, 0.3) is 5.56 Å². The Morgan fingerprint density at radius 2 is 2.00 bits per heavy atom. The van der Waals surface area contributed by atoms with Crippen molar-refractivity contribution < 1.29 is 9.53 Å². The molecule has 1 N–H and O–H groups in total. The van der Waals surface area contributed by atoms with Gasteiger partial charge < -0.3 is 9.30 Å². The third kappa shape index (κ3) is 3.62. The van der Waals surface area contributed by atoms with Crippen LogP contribution in [0.25, 0.3) is 11.2 Å². The molecule has 0 aliphatic rings. The predicted molar refractivity (Wildman–Crippen MR) is 106 cm³/mol. The second kappa shape index (κ2) is 7.84. The summed E-state index contributed by atoms with van der Waals surface area (Å²) in [6.45, 7) is 6.13. The Balaban J connectivity index is 1.93. The number of benzene rings is 1. The number of esters is 1. The summed E-state index contributed by atoms with van der Waals surface area (Å²) in [6.07, 6.45) is 1.69. The van der Waals surface area contributed by atoms with E-state index in [1.165, 1.54) is 4.57 Å². The Morgan fingerprint density at radius 1 is 1.25 bits per heavy atom. The number of aromatic nitrogens is 4. The lowest BCUT2D eigenvalue weighted by atomic mass is 10.1. The zero-order chi connectivity index (χ0) is 20.4. The highest BCUT2D eigenvalue weighted by Gasteiger charge is 2.18. The van der Waals surface area contributed by atoms with Crippen LogP contribution in [0.3, 0.4) is 0 Å². The number of carbonyl (C=O) groups is 1. The first-order valence-electron chi connectivity index (χ1n) is 9.26. The molecule has 0 spiro atoms. The standard InChI is InChI=1S/C20H24N4O4/c1-5-6-9-24-17-16(18(25)22-20(24)27)23(4)15(21-17)11-28-19(26)14-10-12(2)7-8-13(14)3/h7-8,10H,5-6,9,11H2,1-4H3,(H,22,25,27). The molecule has 0 unspecified atom stereocenters. The maximum Gasteiger partial charge on any atom is 0.338 e. The van der Waals surface area contributed by atoms with Crippen molar-refractivity contribution in [2.45, 2.75) is 46.8 Å². The van der Waals surface area contributed by atoms with Crippen LogP contribution >= 0.6 is 0 Å². The van der Waals surface area contributed by atoms with Gasteiger partial charge in [0, 0.05) is 13.6 Å². The Labute approximate surface area is 161 Å². The van der Waals surface area contributed by atoms with Gasteiger partial charge in [0.2, 0.25) is 0 Å². The Bertz CT molecular complexity index is 1150. The molecule has 0 fully saturated rings. The first kappa shape index (κ1) is 19.6. The summed E-state index contributed by atoms with van der Waals surface area (Å²) in [5.74, 6) is -0.0551. The maximum atomic E-state index is 12.5. The molecule has 8 heteroatoms. The molecule has 0 aliphatic carbocycles. The smallest absolute Gasteiger partial charge is 0.338 e. The lowest BCUT2D eigenvalue weighted by Crippen LogP contribution is -2.31. The molecule has 3 rings (SSSR count). The number of fused-ring (bicyclic) bond motifs is 1. The molecule has 2 aromatic heterocycles. The van der Waals surface area contributed by atoms with E-state index in [0.717, 1.165) is 24.0 Å². The Kier molecular flexibility index (Phi) is 5.48. The van der Waals surface area contributed by atoms with Gasteiger partial charge in [0.15, 0.2) is 11.2 Å². The summed E-state index contributed by atoms with van der Waals surface area (Å²) in [6, 6.07) is 5.58. The average molecular weight is 384 g/mol. The van der Waals surface area contributed by atoms with Crippen LogP contribution in [0.2, 0.25) is 0 Å². The molecule has 3 aromatic rings. The summed E-state index contributed by atoms with van der Waals surface area (Å²) in [4.78, 5) is 43.7. The van der Waals surface area contributed by atoms with Crippen molar-refractivity contribution in [3.8, 4) is 0 Å². The van der Waals surface area contributed by atoms with E-state index < -0.39 is 17.2 Å². The van der Waals surface area contributed by atoms with Crippen molar-refractivity contribution in [3.05, 3.63) is 61.6 Å². The quantitative estimate of drug-likeness (QED) is 0.657. The Morgan fingerprint density at radius 3 is 2.71 bits per heavy atom. The Hall–Kier alpha value is -3.16. The highest BCUT2D eigenvalue weighted by molar-refractivity contribution is 5.91. The van der Waals surface area contributed by atoms with E-state index in [1.54, 1.807) is 17.7 Å². The van der Waals surface area contributed by atoms with Crippen molar-refractivity contribution in [1.82, 2.24) is 19.1 Å². The van der Waals surface area contributed by atoms with Crippen LogP contribution in [0, 0.1) is 13.8 Å². The van der Waals surface area contributed by atoms with Gasteiger partial charge in [-0.3, -0.25) is 14.3 Å². The van der Waals surface area contributed by atoms with Crippen LogP contribution in [-0.2, 0) is 24.9 Å². The second-order valence-corrected chi connectivity index (χ2v) is 6.92. The summed E-state index contributed by atoms with van der Waals surface area (Å²) in [5, 5.41) is 0. The molecule has 0 saturated heterocycles. The van der Waals surface area contributed by atoms with Gasteiger partial charge in [-0.2, -0.15) is 0 Å². The fourth-order valence-electron chi connectivity index (χ4n) is 3.11. The number of imidazole rings is 1.